The number of nitrogens with one attached hydrogen (secondary N) is 1. The molecule has 0 saturated carbocycles. The van der Waals surface area contributed by atoms with Crippen LogP contribution >= 0.6 is 0 Å². The van der Waals surface area contributed by atoms with Gasteiger partial charge in [0.05, 0.1) is 30.3 Å². The molecular formula is C10H12N2O3. The first-order chi connectivity index (χ1) is 7.22. The van der Waals surface area contributed by atoms with Crippen LogP contribution < -0.4 is 5.69 Å². The van der Waals surface area contributed by atoms with Crippen molar-refractivity contribution in [2.24, 2.45) is 0 Å². The SMILES string of the molecule is O=c1[nH]c2ccccc2n1C[C@@H](O)CO. The van der Waals surface area contributed by atoms with E-state index in [1.54, 1.807) is 12.1 Å². The highest BCUT2D eigenvalue weighted by atomic mass is 16.3. The predicted octanol–water partition coefficient (Wildman–Crippen LogP) is -0.317. The first-order valence-corrected chi connectivity index (χ1v) is 4.69. The summed E-state index contributed by atoms with van der Waals surface area (Å²) in [4.78, 5) is 14.2. The van der Waals surface area contributed by atoms with Gasteiger partial charge < -0.3 is 15.2 Å². The summed E-state index contributed by atoms with van der Waals surface area (Å²) in [7, 11) is 0. The van der Waals surface area contributed by atoms with Crippen LogP contribution in [0.1, 0.15) is 0 Å². The maximum Gasteiger partial charge on any atom is 0.326 e. The highest BCUT2D eigenvalue weighted by Gasteiger charge is 2.09. The molecule has 2 aromatic rings. The van der Waals surface area contributed by atoms with E-state index in [1.807, 2.05) is 12.1 Å². The lowest BCUT2D eigenvalue weighted by Crippen LogP contribution is -2.26. The summed E-state index contributed by atoms with van der Waals surface area (Å²) in [6.45, 7) is -0.259. The summed E-state index contributed by atoms with van der Waals surface area (Å²) in [6, 6.07) is 7.22. The normalized spacial score (nSPS) is 13.2. The topological polar surface area (TPSA) is 78.2 Å². The zero-order valence-corrected chi connectivity index (χ0v) is 8.05. The van der Waals surface area contributed by atoms with Crippen LogP contribution in [0.5, 0.6) is 0 Å². The van der Waals surface area contributed by atoms with Crippen molar-refractivity contribution < 1.29 is 10.2 Å². The van der Waals surface area contributed by atoms with Crippen molar-refractivity contribution >= 4 is 11.0 Å². The third kappa shape index (κ3) is 1.79. The molecular weight excluding hydrogens is 196 g/mol. The van der Waals surface area contributed by atoms with Crippen LogP contribution in [-0.4, -0.2) is 32.5 Å². The van der Waals surface area contributed by atoms with Crippen molar-refractivity contribution in [1.29, 1.82) is 0 Å². The lowest BCUT2D eigenvalue weighted by atomic mass is 10.3. The van der Waals surface area contributed by atoms with Gasteiger partial charge in [0.1, 0.15) is 0 Å². The number of hydrogen-bond acceptors (Lipinski definition) is 3. The van der Waals surface area contributed by atoms with Gasteiger partial charge in [-0.1, -0.05) is 12.1 Å². The van der Waals surface area contributed by atoms with Crippen molar-refractivity contribution in [3.8, 4) is 0 Å². The number of aromatic nitrogens is 2. The molecule has 0 radical (unpaired) electrons. The average Bonchev–Trinajstić information content (AvgIpc) is 2.55. The number of nitrogens with zero attached hydrogens (tertiary/aromatic N) is 1. The number of hydrogen-bond donors (Lipinski definition) is 3. The molecule has 0 unspecified atom stereocenters. The van der Waals surface area contributed by atoms with Gasteiger partial charge >= 0.3 is 5.69 Å². The fraction of sp³-hybridized carbons (Fsp3) is 0.300. The van der Waals surface area contributed by atoms with Gasteiger partial charge in [0, 0.05) is 0 Å². The standard InChI is InChI=1S/C10H12N2O3/c13-6-7(14)5-12-9-4-2-1-3-8(9)11-10(12)15/h1-4,7,13-14H,5-6H2,(H,11,15)/t7-/m1/s1. The summed E-state index contributed by atoms with van der Waals surface area (Å²) in [6.07, 6.45) is -0.915. The number of benzene rings is 1. The molecule has 1 aromatic heterocycles. The number of aromatic amines is 1. The van der Waals surface area contributed by atoms with Crippen molar-refractivity contribution in [1.82, 2.24) is 9.55 Å². The number of aliphatic hydroxyl groups excluding tert-OH is 2. The highest BCUT2D eigenvalue weighted by molar-refractivity contribution is 5.74. The van der Waals surface area contributed by atoms with Gasteiger partial charge in [-0.3, -0.25) is 4.57 Å². The minimum Gasteiger partial charge on any atom is -0.394 e. The van der Waals surface area contributed by atoms with Crippen LogP contribution in [-0.2, 0) is 6.54 Å². The molecule has 3 N–H and O–H groups in total. The van der Waals surface area contributed by atoms with Gasteiger partial charge in [-0.2, -0.15) is 0 Å². The van der Waals surface area contributed by atoms with E-state index in [2.05, 4.69) is 4.98 Å². The number of aliphatic hydroxyl groups is 2. The number of fused-ring (bicyclic) bond motifs is 1. The quantitative estimate of drug-likeness (QED) is 0.647. The van der Waals surface area contributed by atoms with E-state index in [-0.39, 0.29) is 18.8 Å². The molecule has 0 spiro atoms. The zero-order valence-electron chi connectivity index (χ0n) is 8.05. The Morgan fingerprint density at radius 3 is 2.87 bits per heavy atom. The second-order valence-corrected chi connectivity index (χ2v) is 3.39. The molecule has 0 aliphatic heterocycles. The Labute approximate surface area is 85.6 Å². The molecule has 5 nitrogen and oxygen atoms in total. The van der Waals surface area contributed by atoms with E-state index >= 15 is 0 Å². The molecule has 0 saturated heterocycles. The van der Waals surface area contributed by atoms with Crippen LogP contribution in [0.25, 0.3) is 11.0 Å². The lowest BCUT2D eigenvalue weighted by molar-refractivity contribution is 0.0814. The van der Waals surface area contributed by atoms with Gasteiger partial charge in [-0.15, -0.1) is 0 Å². The summed E-state index contributed by atoms with van der Waals surface area (Å²) < 4.78 is 1.41. The van der Waals surface area contributed by atoms with Crippen LogP contribution in [0.15, 0.2) is 29.1 Å². The fourth-order valence-corrected chi connectivity index (χ4v) is 1.56. The van der Waals surface area contributed by atoms with E-state index in [1.165, 1.54) is 4.57 Å². The second kappa shape index (κ2) is 3.88. The number of rotatable bonds is 3. The smallest absolute Gasteiger partial charge is 0.326 e. The maximum absolute atomic E-state index is 11.5. The minimum atomic E-state index is -0.915. The second-order valence-electron chi connectivity index (χ2n) is 3.39. The Morgan fingerprint density at radius 2 is 2.13 bits per heavy atom. The van der Waals surface area contributed by atoms with Gasteiger partial charge in [-0.25, -0.2) is 4.79 Å². The fourth-order valence-electron chi connectivity index (χ4n) is 1.56. The first-order valence-electron chi connectivity index (χ1n) is 4.69. The summed E-state index contributed by atoms with van der Waals surface area (Å²) in [5.74, 6) is 0. The molecule has 0 bridgehead atoms. The molecule has 1 aromatic carbocycles. The molecule has 2 rings (SSSR count). The molecule has 5 heteroatoms. The van der Waals surface area contributed by atoms with Crippen LogP contribution in [0.2, 0.25) is 0 Å². The van der Waals surface area contributed by atoms with E-state index in [4.69, 9.17) is 5.11 Å². The Bertz CT molecular complexity index is 515. The average molecular weight is 208 g/mol. The molecule has 0 aliphatic carbocycles. The zero-order chi connectivity index (χ0) is 10.8. The Kier molecular flexibility index (Phi) is 2.57. The van der Waals surface area contributed by atoms with E-state index in [0.29, 0.717) is 0 Å². The van der Waals surface area contributed by atoms with Gasteiger partial charge in [0.15, 0.2) is 0 Å². The van der Waals surface area contributed by atoms with E-state index in [9.17, 15) is 9.90 Å². The third-order valence-electron chi connectivity index (χ3n) is 2.29. The monoisotopic (exact) mass is 208 g/mol. The van der Waals surface area contributed by atoms with Gasteiger partial charge in [0.2, 0.25) is 0 Å². The largest absolute Gasteiger partial charge is 0.394 e. The van der Waals surface area contributed by atoms with Crippen LogP contribution in [0, 0.1) is 0 Å². The maximum atomic E-state index is 11.5. The lowest BCUT2D eigenvalue weighted by Gasteiger charge is -2.07. The Morgan fingerprint density at radius 1 is 1.40 bits per heavy atom. The van der Waals surface area contributed by atoms with Crippen molar-refractivity contribution in [3.63, 3.8) is 0 Å². The first kappa shape index (κ1) is 9.95. The minimum absolute atomic E-state index is 0.0966. The number of para-hydroxylation sites is 2. The van der Waals surface area contributed by atoms with Crippen LogP contribution in [0.3, 0.4) is 0 Å². The molecule has 0 fully saturated rings. The van der Waals surface area contributed by atoms with E-state index < -0.39 is 6.10 Å². The molecule has 1 heterocycles. The molecule has 0 amide bonds. The van der Waals surface area contributed by atoms with Crippen molar-refractivity contribution in [2.45, 2.75) is 12.6 Å². The summed E-state index contributed by atoms with van der Waals surface area (Å²) in [5, 5.41) is 18.0. The predicted molar refractivity (Wildman–Crippen MR) is 55.7 cm³/mol. The van der Waals surface area contributed by atoms with E-state index in [0.717, 1.165) is 11.0 Å². The molecule has 80 valence electrons. The summed E-state index contributed by atoms with van der Waals surface area (Å²) in [5.41, 5.74) is 1.19. The van der Waals surface area contributed by atoms with Crippen molar-refractivity contribution in [3.05, 3.63) is 34.7 Å². The third-order valence-corrected chi connectivity index (χ3v) is 2.29. The van der Waals surface area contributed by atoms with Crippen molar-refractivity contribution in [2.75, 3.05) is 6.61 Å². The molecule has 15 heavy (non-hydrogen) atoms. The molecule has 1 atom stereocenters. The van der Waals surface area contributed by atoms with Gasteiger partial charge in [0.25, 0.3) is 0 Å². The highest BCUT2D eigenvalue weighted by Crippen LogP contribution is 2.09. The Balaban J connectivity index is 2.50. The molecule has 0 aliphatic rings. The summed E-state index contributed by atoms with van der Waals surface area (Å²) >= 11 is 0. The van der Waals surface area contributed by atoms with Crippen LogP contribution in [0.4, 0.5) is 0 Å². The number of H-pyrrole nitrogens is 1. The van der Waals surface area contributed by atoms with Gasteiger partial charge in [-0.05, 0) is 12.1 Å². The number of imidazole rings is 1. The Hall–Kier alpha value is -1.59.